The van der Waals surface area contributed by atoms with Crippen LogP contribution in [0.25, 0.3) is 0 Å². The molecule has 0 unspecified atom stereocenters. The van der Waals surface area contributed by atoms with Crippen LogP contribution in [0.15, 0.2) is 0 Å². The molecule has 1 aromatic rings. The molecule has 1 heterocycles. The van der Waals surface area contributed by atoms with Crippen LogP contribution in [0.4, 0.5) is 13.2 Å². The van der Waals surface area contributed by atoms with Crippen molar-refractivity contribution >= 4 is 22.6 Å². The van der Waals surface area contributed by atoms with Gasteiger partial charge in [-0.15, -0.1) is 0 Å². The van der Waals surface area contributed by atoms with Crippen LogP contribution in [0.2, 0.25) is 0 Å². The third-order valence-corrected chi connectivity index (χ3v) is 1.46. The van der Waals surface area contributed by atoms with Gasteiger partial charge < -0.3 is 0 Å². The van der Waals surface area contributed by atoms with Gasteiger partial charge in [-0.1, -0.05) is 0 Å². The molecule has 0 aromatic carbocycles. The third kappa shape index (κ3) is 1.36. The summed E-state index contributed by atoms with van der Waals surface area (Å²) in [6.45, 7) is 0. The van der Waals surface area contributed by atoms with Crippen molar-refractivity contribution in [1.29, 1.82) is 0 Å². The molecule has 0 fully saturated rings. The number of aromatic nitrogens is 2. The first-order valence-electron chi connectivity index (χ1n) is 2.15. The fourth-order valence-electron chi connectivity index (χ4n) is 0.370. The Kier molecular flexibility index (Phi) is 2.07. The van der Waals surface area contributed by atoms with Gasteiger partial charge in [-0.2, -0.15) is 23.1 Å². The van der Waals surface area contributed by atoms with Crippen LogP contribution in [0, 0.1) is 21.5 Å². The lowest BCUT2D eigenvalue weighted by Crippen LogP contribution is -2.00. The van der Waals surface area contributed by atoms with Crippen LogP contribution in [-0.2, 0) is 0 Å². The van der Waals surface area contributed by atoms with Crippen LogP contribution in [0.3, 0.4) is 0 Å². The predicted molar refractivity (Wildman–Crippen MR) is 34.6 cm³/mol. The third-order valence-electron chi connectivity index (χ3n) is 0.743. The maximum absolute atomic E-state index is 12.2. The van der Waals surface area contributed by atoms with Crippen LogP contribution >= 0.6 is 22.6 Å². The molecule has 54 valence electrons. The largest absolute Gasteiger partial charge is 0.312 e. The molecule has 0 atom stereocenters. The van der Waals surface area contributed by atoms with Crippen LogP contribution < -0.4 is 0 Å². The van der Waals surface area contributed by atoms with Gasteiger partial charge in [0.2, 0.25) is 5.82 Å². The van der Waals surface area contributed by atoms with Gasteiger partial charge in [-0.25, -0.2) is 0 Å². The van der Waals surface area contributed by atoms with Gasteiger partial charge in [-0.3, -0.25) is 0 Å². The summed E-state index contributed by atoms with van der Waals surface area (Å²) in [5.74, 6) is -2.68. The van der Waals surface area contributed by atoms with Crippen molar-refractivity contribution in [1.82, 2.24) is 9.97 Å². The molecule has 0 saturated heterocycles. The number of hydrogen-bond acceptors (Lipinski definition) is 2. The van der Waals surface area contributed by atoms with Gasteiger partial charge in [0, 0.05) is 0 Å². The maximum atomic E-state index is 12.2. The summed E-state index contributed by atoms with van der Waals surface area (Å²) in [6.07, 6.45) is -1.26. The minimum Gasteiger partial charge on any atom is -0.199 e. The summed E-state index contributed by atoms with van der Waals surface area (Å²) in [4.78, 5) is 5.44. The molecule has 10 heavy (non-hydrogen) atoms. The summed E-state index contributed by atoms with van der Waals surface area (Å²) >= 11 is 1.37. The van der Waals surface area contributed by atoms with E-state index >= 15 is 0 Å². The Hall–Kier alpha value is -0.400. The van der Waals surface area contributed by atoms with Gasteiger partial charge in [-0.05, 0) is 22.6 Å². The van der Waals surface area contributed by atoms with E-state index < -0.39 is 17.8 Å². The van der Waals surface area contributed by atoms with E-state index in [4.69, 9.17) is 0 Å². The van der Waals surface area contributed by atoms with Crippen molar-refractivity contribution in [2.24, 2.45) is 0 Å². The maximum Gasteiger partial charge on any atom is 0.312 e. The number of hydrogen-bond donors (Lipinski definition) is 0. The molecule has 2 nitrogen and oxygen atoms in total. The highest BCUT2D eigenvalue weighted by atomic mass is 127. The molecule has 0 aliphatic rings. The topological polar surface area (TPSA) is 25.8 Å². The Bertz CT molecular complexity index is 242. The summed E-state index contributed by atoms with van der Waals surface area (Å²) in [6, 6.07) is 0. The molecule has 0 amide bonds. The van der Waals surface area contributed by atoms with Crippen LogP contribution in [-0.4, -0.2) is 9.97 Å². The molecule has 6 heteroatoms. The molecule has 0 aliphatic carbocycles. The first kappa shape index (κ1) is 7.70. The van der Waals surface area contributed by atoms with E-state index in [2.05, 4.69) is 9.97 Å². The number of nitrogens with zero attached hydrogens (tertiary/aromatic N) is 2. The van der Waals surface area contributed by atoms with Gasteiger partial charge in [0.25, 0.3) is 5.95 Å². The highest BCUT2D eigenvalue weighted by molar-refractivity contribution is 14.1. The first-order chi connectivity index (χ1) is 4.61. The Morgan fingerprint density at radius 1 is 1.10 bits per heavy atom. The molecule has 0 bridgehead atoms. The van der Waals surface area contributed by atoms with E-state index in [-0.39, 0.29) is 3.70 Å². The lowest BCUT2D eigenvalue weighted by atomic mass is 10.6. The minimum absolute atomic E-state index is 0.359. The van der Waals surface area contributed by atoms with Crippen molar-refractivity contribution in [3.63, 3.8) is 0 Å². The molecule has 0 saturated carbocycles. The standard InChI is InChI=1S/C4F3IN2/c5-1-2(6)9-4(7)10-3(1)8. The average Bonchev–Trinajstić information content (AvgIpc) is 1.82. The van der Waals surface area contributed by atoms with E-state index in [0.29, 0.717) is 0 Å². The monoisotopic (exact) mass is 260 g/mol. The lowest BCUT2D eigenvalue weighted by molar-refractivity contribution is 0.419. The molecular weight excluding hydrogens is 260 g/mol. The van der Waals surface area contributed by atoms with Crippen molar-refractivity contribution in [3.8, 4) is 0 Å². The van der Waals surface area contributed by atoms with Gasteiger partial charge in [0.1, 0.15) is 3.70 Å². The van der Waals surface area contributed by atoms with Gasteiger partial charge >= 0.3 is 6.08 Å². The zero-order chi connectivity index (χ0) is 7.72. The quantitative estimate of drug-likeness (QED) is 0.401. The Morgan fingerprint density at radius 3 is 2.20 bits per heavy atom. The smallest absolute Gasteiger partial charge is 0.199 e. The Morgan fingerprint density at radius 2 is 1.70 bits per heavy atom. The lowest BCUT2D eigenvalue weighted by Gasteiger charge is -1.92. The molecule has 0 spiro atoms. The summed E-state index contributed by atoms with van der Waals surface area (Å²) in [5.41, 5.74) is 0. The van der Waals surface area contributed by atoms with E-state index in [9.17, 15) is 13.2 Å². The summed E-state index contributed by atoms with van der Waals surface area (Å²) in [5, 5.41) is 0. The number of rotatable bonds is 0. The Balaban J connectivity index is 3.31. The second kappa shape index (κ2) is 2.69. The zero-order valence-corrected chi connectivity index (χ0v) is 6.56. The van der Waals surface area contributed by atoms with Crippen molar-refractivity contribution in [2.75, 3.05) is 0 Å². The molecule has 0 radical (unpaired) electrons. The van der Waals surface area contributed by atoms with Crippen molar-refractivity contribution in [2.45, 2.75) is 0 Å². The second-order valence-corrected chi connectivity index (χ2v) is 2.41. The van der Waals surface area contributed by atoms with Crippen molar-refractivity contribution < 1.29 is 13.2 Å². The SMILES string of the molecule is Fc1nc(F)c(F)c(I)n1. The fourth-order valence-corrected chi connectivity index (χ4v) is 0.792. The molecule has 1 aromatic heterocycles. The highest BCUT2D eigenvalue weighted by Crippen LogP contribution is 2.09. The predicted octanol–water partition coefficient (Wildman–Crippen LogP) is 1.50. The van der Waals surface area contributed by atoms with Crippen LogP contribution in [0.1, 0.15) is 0 Å². The average molecular weight is 260 g/mol. The normalized spacial score (nSPS) is 10.0. The van der Waals surface area contributed by atoms with Gasteiger partial charge in [0.05, 0.1) is 0 Å². The van der Waals surface area contributed by atoms with E-state index in [1.54, 1.807) is 0 Å². The van der Waals surface area contributed by atoms with Gasteiger partial charge in [0.15, 0.2) is 0 Å². The van der Waals surface area contributed by atoms with Crippen molar-refractivity contribution in [3.05, 3.63) is 21.5 Å². The number of halogens is 4. The summed E-state index contributed by atoms with van der Waals surface area (Å²) in [7, 11) is 0. The molecule has 0 aliphatic heterocycles. The highest BCUT2D eigenvalue weighted by Gasteiger charge is 2.10. The molecule has 0 N–H and O–H groups in total. The van der Waals surface area contributed by atoms with E-state index in [0.717, 1.165) is 0 Å². The van der Waals surface area contributed by atoms with E-state index in [1.807, 2.05) is 0 Å². The molecular formula is C4F3IN2. The Labute approximate surface area is 67.6 Å². The molecule has 1 rings (SSSR count). The zero-order valence-electron chi connectivity index (χ0n) is 4.41. The first-order valence-corrected chi connectivity index (χ1v) is 3.23. The van der Waals surface area contributed by atoms with Crippen LogP contribution in [0.5, 0.6) is 0 Å². The summed E-state index contributed by atoms with van der Waals surface area (Å²) < 4.78 is 35.9. The second-order valence-electron chi connectivity index (χ2n) is 1.39. The minimum atomic E-state index is -1.46. The van der Waals surface area contributed by atoms with E-state index in [1.165, 1.54) is 22.6 Å². The fraction of sp³-hybridized carbons (Fsp3) is 0.